The minimum Gasteiger partial charge on any atom is -0.459 e. The highest BCUT2D eigenvalue weighted by atomic mass is 16.3. The molecule has 0 radical (unpaired) electrons. The first kappa shape index (κ1) is 11.2. The van der Waals surface area contributed by atoms with Crippen molar-refractivity contribution in [3.8, 4) is 0 Å². The van der Waals surface area contributed by atoms with E-state index >= 15 is 0 Å². The highest BCUT2D eigenvalue weighted by molar-refractivity contribution is 5.83. The van der Waals surface area contributed by atoms with Gasteiger partial charge in [0.05, 0.1) is 6.54 Å². The number of benzene rings is 1. The minimum atomic E-state index is 0.451. The number of fused-ring (bicyclic) bond motifs is 1. The molecule has 1 heterocycles. The Balaban J connectivity index is 2.70. The van der Waals surface area contributed by atoms with Crippen LogP contribution in [0.25, 0.3) is 11.0 Å². The van der Waals surface area contributed by atoms with Gasteiger partial charge in [-0.3, -0.25) is 0 Å². The van der Waals surface area contributed by atoms with E-state index in [4.69, 9.17) is 10.2 Å². The second kappa shape index (κ2) is 4.30. The summed E-state index contributed by atoms with van der Waals surface area (Å²) in [7, 11) is 0. The number of rotatable bonds is 3. The van der Waals surface area contributed by atoms with Gasteiger partial charge >= 0.3 is 0 Å². The fraction of sp³-hybridized carbons (Fsp3) is 0.429. The van der Waals surface area contributed by atoms with Crippen LogP contribution in [-0.4, -0.2) is 0 Å². The van der Waals surface area contributed by atoms with Crippen LogP contribution in [0.15, 0.2) is 22.6 Å². The first-order valence-electron chi connectivity index (χ1n) is 5.91. The summed E-state index contributed by atoms with van der Waals surface area (Å²) < 4.78 is 5.78. The van der Waals surface area contributed by atoms with Crippen molar-refractivity contribution in [3.05, 3.63) is 35.1 Å². The van der Waals surface area contributed by atoms with Crippen LogP contribution in [0.1, 0.15) is 43.6 Å². The Labute approximate surface area is 96.4 Å². The quantitative estimate of drug-likeness (QED) is 0.853. The third-order valence-electron chi connectivity index (χ3n) is 3.04. The molecule has 0 bridgehead atoms. The Morgan fingerprint density at radius 2 is 2.06 bits per heavy atom. The van der Waals surface area contributed by atoms with Gasteiger partial charge in [-0.25, -0.2) is 0 Å². The van der Waals surface area contributed by atoms with Crippen molar-refractivity contribution in [2.24, 2.45) is 5.73 Å². The van der Waals surface area contributed by atoms with Crippen LogP contribution in [0.2, 0.25) is 0 Å². The predicted octanol–water partition coefficient (Wildman–Crippen LogP) is 3.58. The number of nitrogens with two attached hydrogens (primary N) is 1. The second-order valence-electron chi connectivity index (χ2n) is 4.48. The Hall–Kier alpha value is -1.28. The van der Waals surface area contributed by atoms with E-state index in [0.717, 1.165) is 17.8 Å². The average Bonchev–Trinajstić information content (AvgIpc) is 2.65. The molecule has 1 aromatic heterocycles. The van der Waals surface area contributed by atoms with E-state index in [9.17, 15) is 0 Å². The molecule has 2 aromatic rings. The summed E-state index contributed by atoms with van der Waals surface area (Å²) in [6.45, 7) is 7.01. The summed E-state index contributed by atoms with van der Waals surface area (Å²) in [5.41, 5.74) is 9.31. The molecule has 2 rings (SSSR count). The van der Waals surface area contributed by atoms with Crippen LogP contribution in [0.4, 0.5) is 0 Å². The van der Waals surface area contributed by atoms with Crippen LogP contribution < -0.4 is 5.73 Å². The molecule has 1 aromatic carbocycles. The minimum absolute atomic E-state index is 0.451. The lowest BCUT2D eigenvalue weighted by molar-refractivity contribution is 0.541. The van der Waals surface area contributed by atoms with Gasteiger partial charge < -0.3 is 10.2 Å². The summed E-state index contributed by atoms with van der Waals surface area (Å²) in [5.74, 6) is 1.38. The molecule has 0 atom stereocenters. The molecule has 2 N–H and O–H groups in total. The summed E-state index contributed by atoms with van der Waals surface area (Å²) >= 11 is 0. The number of hydrogen-bond donors (Lipinski definition) is 1. The zero-order chi connectivity index (χ0) is 11.7. The maximum absolute atomic E-state index is 5.78. The lowest BCUT2D eigenvalue weighted by atomic mass is 9.98. The molecular weight excluding hydrogens is 198 g/mol. The van der Waals surface area contributed by atoms with Crippen molar-refractivity contribution in [1.29, 1.82) is 0 Å². The van der Waals surface area contributed by atoms with Crippen molar-refractivity contribution in [3.63, 3.8) is 0 Å². The van der Waals surface area contributed by atoms with Gasteiger partial charge in [-0.15, -0.1) is 0 Å². The average molecular weight is 217 g/mol. The largest absolute Gasteiger partial charge is 0.459 e. The molecular formula is C14H19NO. The van der Waals surface area contributed by atoms with Crippen LogP contribution >= 0.6 is 0 Å². The van der Waals surface area contributed by atoms with E-state index in [1.807, 2.05) is 0 Å². The van der Waals surface area contributed by atoms with Gasteiger partial charge in [0.2, 0.25) is 0 Å². The molecule has 0 unspecified atom stereocenters. The number of aryl methyl sites for hydroxylation is 1. The van der Waals surface area contributed by atoms with E-state index < -0.39 is 0 Å². The van der Waals surface area contributed by atoms with Crippen LogP contribution in [-0.2, 0) is 13.0 Å². The monoisotopic (exact) mass is 217 g/mol. The van der Waals surface area contributed by atoms with Crippen molar-refractivity contribution in [2.45, 2.75) is 39.7 Å². The molecule has 0 amide bonds. The Morgan fingerprint density at radius 1 is 1.31 bits per heavy atom. The third-order valence-corrected chi connectivity index (χ3v) is 3.04. The van der Waals surface area contributed by atoms with Crippen LogP contribution in [0.5, 0.6) is 0 Å². The molecule has 2 nitrogen and oxygen atoms in total. The maximum Gasteiger partial charge on any atom is 0.134 e. The van der Waals surface area contributed by atoms with E-state index in [-0.39, 0.29) is 0 Å². The normalized spacial score (nSPS) is 11.6. The highest BCUT2D eigenvalue weighted by Gasteiger charge is 2.15. The van der Waals surface area contributed by atoms with Crippen LogP contribution in [0.3, 0.4) is 0 Å². The molecule has 2 heteroatoms. The summed E-state index contributed by atoms with van der Waals surface area (Å²) in [6, 6.07) is 6.41. The Morgan fingerprint density at radius 3 is 2.62 bits per heavy atom. The van der Waals surface area contributed by atoms with Gasteiger partial charge in [-0.2, -0.15) is 0 Å². The summed E-state index contributed by atoms with van der Waals surface area (Å²) in [5, 5.41) is 1.23. The van der Waals surface area contributed by atoms with E-state index in [0.29, 0.717) is 12.5 Å². The van der Waals surface area contributed by atoms with E-state index in [2.05, 4.69) is 39.0 Å². The fourth-order valence-corrected chi connectivity index (χ4v) is 2.22. The third kappa shape index (κ3) is 1.74. The smallest absolute Gasteiger partial charge is 0.134 e. The molecule has 0 saturated carbocycles. The van der Waals surface area contributed by atoms with Crippen molar-refractivity contribution in [1.82, 2.24) is 0 Å². The van der Waals surface area contributed by atoms with Crippen LogP contribution in [0, 0.1) is 0 Å². The standard InChI is InChI=1S/C14H19NO/c1-4-10-5-6-12-11(7-10)14(9(2)3)13(8-15)16-12/h5-7,9H,4,8,15H2,1-3H3. The topological polar surface area (TPSA) is 39.2 Å². The Bertz CT molecular complexity index is 497. The Kier molecular flexibility index (Phi) is 3.01. The molecule has 0 aliphatic carbocycles. The van der Waals surface area contributed by atoms with Crippen molar-refractivity contribution < 1.29 is 4.42 Å². The van der Waals surface area contributed by atoms with E-state index in [1.165, 1.54) is 16.5 Å². The highest BCUT2D eigenvalue weighted by Crippen LogP contribution is 2.32. The molecule has 0 fully saturated rings. The zero-order valence-corrected chi connectivity index (χ0v) is 10.2. The number of furan rings is 1. The summed E-state index contributed by atoms with van der Waals surface area (Å²) in [6.07, 6.45) is 1.05. The molecule has 0 spiro atoms. The lowest BCUT2D eigenvalue weighted by Crippen LogP contribution is -1.99. The fourth-order valence-electron chi connectivity index (χ4n) is 2.22. The predicted molar refractivity (Wildman–Crippen MR) is 67.6 cm³/mol. The van der Waals surface area contributed by atoms with Crippen molar-refractivity contribution >= 4 is 11.0 Å². The SMILES string of the molecule is CCc1ccc2oc(CN)c(C(C)C)c2c1. The van der Waals surface area contributed by atoms with Gasteiger partial charge in [-0.05, 0) is 30.0 Å². The van der Waals surface area contributed by atoms with Gasteiger partial charge in [0, 0.05) is 10.9 Å². The summed E-state index contributed by atoms with van der Waals surface area (Å²) in [4.78, 5) is 0. The molecule has 0 aliphatic rings. The molecule has 86 valence electrons. The maximum atomic E-state index is 5.78. The first-order valence-corrected chi connectivity index (χ1v) is 5.91. The van der Waals surface area contributed by atoms with Gasteiger partial charge in [-0.1, -0.05) is 26.8 Å². The lowest BCUT2D eigenvalue weighted by Gasteiger charge is -2.05. The zero-order valence-electron chi connectivity index (χ0n) is 10.2. The second-order valence-corrected chi connectivity index (χ2v) is 4.48. The first-order chi connectivity index (χ1) is 7.67. The van der Waals surface area contributed by atoms with E-state index in [1.54, 1.807) is 0 Å². The molecule has 0 saturated heterocycles. The van der Waals surface area contributed by atoms with Gasteiger partial charge in [0.25, 0.3) is 0 Å². The van der Waals surface area contributed by atoms with Gasteiger partial charge in [0.15, 0.2) is 0 Å². The number of hydrogen-bond acceptors (Lipinski definition) is 2. The molecule has 16 heavy (non-hydrogen) atoms. The molecule has 0 aliphatic heterocycles. The van der Waals surface area contributed by atoms with Crippen molar-refractivity contribution in [2.75, 3.05) is 0 Å². The van der Waals surface area contributed by atoms with Gasteiger partial charge in [0.1, 0.15) is 11.3 Å².